The molecule has 7 heteroatoms. The molecule has 1 aliphatic rings. The molecule has 2 aromatic carbocycles. The number of ether oxygens (including phenoxy) is 1. The Morgan fingerprint density at radius 1 is 1.12 bits per heavy atom. The van der Waals surface area contributed by atoms with Crippen LogP contribution in [0.1, 0.15) is 50.8 Å². The van der Waals surface area contributed by atoms with E-state index in [0.717, 1.165) is 16.9 Å². The molecular weight excluding hydrogens is 409 g/mol. The summed E-state index contributed by atoms with van der Waals surface area (Å²) < 4.78 is 18.6. The van der Waals surface area contributed by atoms with Crippen LogP contribution in [0.2, 0.25) is 0 Å². The molecule has 0 fully saturated rings. The van der Waals surface area contributed by atoms with Crippen molar-refractivity contribution in [1.82, 2.24) is 9.91 Å². The van der Waals surface area contributed by atoms with E-state index in [9.17, 15) is 14.0 Å². The fraction of sp³-hybridized carbons (Fsp3) is 0.400. The highest BCUT2D eigenvalue weighted by Gasteiger charge is 2.34. The predicted octanol–water partition coefficient (Wildman–Crippen LogP) is 4.41. The fourth-order valence-corrected chi connectivity index (χ4v) is 3.59. The van der Waals surface area contributed by atoms with E-state index in [1.807, 2.05) is 45.0 Å². The lowest BCUT2D eigenvalue weighted by Crippen LogP contribution is -2.40. The van der Waals surface area contributed by atoms with E-state index < -0.39 is 0 Å². The molecular formula is C25H30FN3O3. The molecule has 0 radical (unpaired) electrons. The van der Waals surface area contributed by atoms with Crippen LogP contribution in [-0.2, 0) is 9.59 Å². The van der Waals surface area contributed by atoms with E-state index >= 15 is 0 Å². The molecule has 2 amide bonds. The minimum Gasteiger partial charge on any atom is -0.497 e. The molecule has 1 heterocycles. The van der Waals surface area contributed by atoms with Crippen molar-refractivity contribution in [3.63, 3.8) is 0 Å². The Hall–Kier alpha value is -3.22. The van der Waals surface area contributed by atoms with Crippen LogP contribution in [-0.4, -0.2) is 48.1 Å². The summed E-state index contributed by atoms with van der Waals surface area (Å²) in [5.74, 6) is 0.0317. The molecule has 170 valence electrons. The fourth-order valence-electron chi connectivity index (χ4n) is 3.59. The lowest BCUT2D eigenvalue weighted by Gasteiger charge is -2.26. The van der Waals surface area contributed by atoms with Crippen molar-refractivity contribution in [3.8, 4) is 5.75 Å². The van der Waals surface area contributed by atoms with Crippen molar-refractivity contribution >= 4 is 17.5 Å². The Balaban J connectivity index is 1.85. The van der Waals surface area contributed by atoms with E-state index in [1.165, 1.54) is 22.0 Å². The van der Waals surface area contributed by atoms with Crippen LogP contribution in [0.5, 0.6) is 5.75 Å². The van der Waals surface area contributed by atoms with Crippen LogP contribution >= 0.6 is 0 Å². The minimum absolute atomic E-state index is 0.0677. The number of likely N-dealkylation sites (N-methyl/N-ethyl adjacent to an activating group) is 1. The van der Waals surface area contributed by atoms with Gasteiger partial charge >= 0.3 is 0 Å². The molecule has 2 aromatic rings. The number of carbonyl (C=O) groups is 2. The van der Waals surface area contributed by atoms with E-state index in [1.54, 1.807) is 26.3 Å². The molecule has 0 saturated carbocycles. The van der Waals surface area contributed by atoms with Gasteiger partial charge in [0.05, 0.1) is 18.9 Å². The van der Waals surface area contributed by atoms with Gasteiger partial charge in [0.1, 0.15) is 18.1 Å². The lowest BCUT2D eigenvalue weighted by atomic mass is 9.92. The molecule has 0 aromatic heterocycles. The molecule has 0 aliphatic carbocycles. The van der Waals surface area contributed by atoms with Gasteiger partial charge in [0.2, 0.25) is 5.91 Å². The van der Waals surface area contributed by atoms with Gasteiger partial charge in [0.15, 0.2) is 0 Å². The van der Waals surface area contributed by atoms with Crippen LogP contribution in [0.3, 0.4) is 0 Å². The summed E-state index contributed by atoms with van der Waals surface area (Å²) in [6.45, 7) is 5.89. The summed E-state index contributed by atoms with van der Waals surface area (Å²) in [4.78, 5) is 27.2. The molecule has 0 spiro atoms. The van der Waals surface area contributed by atoms with Gasteiger partial charge in [0.25, 0.3) is 5.91 Å². The average molecular weight is 440 g/mol. The number of rotatable bonds is 6. The topological polar surface area (TPSA) is 62.2 Å². The highest BCUT2D eigenvalue weighted by Crippen LogP contribution is 2.34. The third-order valence-electron chi connectivity index (χ3n) is 5.32. The van der Waals surface area contributed by atoms with Gasteiger partial charge in [-0.05, 0) is 40.8 Å². The Morgan fingerprint density at radius 2 is 1.75 bits per heavy atom. The zero-order valence-electron chi connectivity index (χ0n) is 19.3. The zero-order valence-corrected chi connectivity index (χ0v) is 19.3. The zero-order chi connectivity index (χ0) is 23.5. The van der Waals surface area contributed by atoms with Crippen molar-refractivity contribution < 1.29 is 18.7 Å². The van der Waals surface area contributed by atoms with E-state index in [0.29, 0.717) is 18.6 Å². The second-order valence-electron chi connectivity index (χ2n) is 9.27. The second kappa shape index (κ2) is 9.51. The van der Waals surface area contributed by atoms with Gasteiger partial charge in [-0.1, -0.05) is 45.0 Å². The molecule has 0 N–H and O–H groups in total. The normalized spacial score (nSPS) is 16.0. The first-order valence-electron chi connectivity index (χ1n) is 10.6. The largest absolute Gasteiger partial charge is 0.497 e. The standard InChI is InChI=1S/C25H30FN3O3/c1-25(2,3)15-23(30)28(4)16-24(31)29-22(18-8-12-20(32-5)13-9-18)14-21(27-29)17-6-10-19(26)11-7-17/h6-13,22H,14-16H2,1-5H3/t22-/m1/s1. The Labute approximate surface area is 188 Å². The Kier molecular flexibility index (Phi) is 6.96. The Morgan fingerprint density at radius 3 is 2.31 bits per heavy atom. The van der Waals surface area contributed by atoms with Gasteiger partial charge < -0.3 is 9.64 Å². The number of nitrogens with zero attached hydrogens (tertiary/aromatic N) is 3. The second-order valence-corrected chi connectivity index (χ2v) is 9.27. The van der Waals surface area contributed by atoms with Crippen LogP contribution < -0.4 is 4.74 Å². The molecule has 32 heavy (non-hydrogen) atoms. The molecule has 3 rings (SSSR count). The number of amides is 2. The van der Waals surface area contributed by atoms with Gasteiger partial charge in [-0.15, -0.1) is 0 Å². The van der Waals surface area contributed by atoms with Crippen molar-refractivity contribution in [1.29, 1.82) is 0 Å². The van der Waals surface area contributed by atoms with Crippen LogP contribution in [0.25, 0.3) is 0 Å². The van der Waals surface area contributed by atoms with Gasteiger partial charge in [-0.3, -0.25) is 9.59 Å². The van der Waals surface area contributed by atoms with Crippen molar-refractivity contribution in [2.75, 3.05) is 20.7 Å². The summed E-state index contributed by atoms with van der Waals surface area (Å²) >= 11 is 0. The summed E-state index contributed by atoms with van der Waals surface area (Å²) in [5, 5.41) is 6.03. The minimum atomic E-state index is -0.328. The quantitative estimate of drug-likeness (QED) is 0.670. The summed E-state index contributed by atoms with van der Waals surface area (Å²) in [6.07, 6.45) is 0.839. The molecule has 6 nitrogen and oxygen atoms in total. The predicted molar refractivity (Wildman–Crippen MR) is 122 cm³/mol. The number of hydrogen-bond acceptors (Lipinski definition) is 4. The van der Waals surface area contributed by atoms with E-state index in [-0.39, 0.29) is 35.6 Å². The number of carbonyl (C=O) groups excluding carboxylic acids is 2. The highest BCUT2D eigenvalue weighted by molar-refractivity contribution is 6.03. The van der Waals surface area contributed by atoms with E-state index in [2.05, 4.69) is 5.10 Å². The van der Waals surface area contributed by atoms with Gasteiger partial charge in [0, 0.05) is 19.9 Å². The molecule has 0 bridgehead atoms. The van der Waals surface area contributed by atoms with Crippen molar-refractivity contribution in [3.05, 3.63) is 65.5 Å². The van der Waals surface area contributed by atoms with Crippen LogP contribution in [0.4, 0.5) is 4.39 Å². The summed E-state index contributed by atoms with van der Waals surface area (Å²) in [6, 6.07) is 13.2. The Bertz CT molecular complexity index is 995. The SMILES string of the molecule is COc1ccc([C@H]2CC(c3ccc(F)cc3)=NN2C(=O)CN(C)C(=O)CC(C)(C)C)cc1. The maximum atomic E-state index is 13.4. The highest BCUT2D eigenvalue weighted by atomic mass is 19.1. The molecule has 1 atom stereocenters. The summed E-state index contributed by atoms with van der Waals surface area (Å²) in [5.41, 5.74) is 2.20. The third-order valence-corrected chi connectivity index (χ3v) is 5.32. The number of benzene rings is 2. The van der Waals surface area contributed by atoms with Gasteiger partial charge in [-0.2, -0.15) is 5.10 Å². The third kappa shape index (κ3) is 5.72. The number of hydrazone groups is 1. The lowest BCUT2D eigenvalue weighted by molar-refractivity contribution is -0.141. The summed E-state index contributed by atoms with van der Waals surface area (Å²) in [7, 11) is 3.23. The maximum Gasteiger partial charge on any atom is 0.262 e. The first-order valence-corrected chi connectivity index (χ1v) is 10.6. The average Bonchev–Trinajstić information content (AvgIpc) is 3.18. The molecule has 0 saturated heterocycles. The molecule has 0 unspecified atom stereocenters. The van der Waals surface area contributed by atoms with Crippen molar-refractivity contribution in [2.24, 2.45) is 10.5 Å². The van der Waals surface area contributed by atoms with Crippen molar-refractivity contribution in [2.45, 2.75) is 39.7 Å². The van der Waals surface area contributed by atoms with Crippen LogP contribution in [0.15, 0.2) is 53.6 Å². The van der Waals surface area contributed by atoms with Gasteiger partial charge in [-0.25, -0.2) is 9.40 Å². The monoisotopic (exact) mass is 439 g/mol. The van der Waals surface area contributed by atoms with E-state index in [4.69, 9.17) is 4.74 Å². The number of halogens is 1. The first-order chi connectivity index (χ1) is 15.1. The van der Waals surface area contributed by atoms with Crippen LogP contribution in [0, 0.1) is 11.2 Å². The smallest absolute Gasteiger partial charge is 0.262 e. The maximum absolute atomic E-state index is 13.4. The number of methoxy groups -OCH3 is 1. The molecule has 1 aliphatic heterocycles. The first kappa shape index (κ1) is 23.4. The number of hydrogen-bond donors (Lipinski definition) is 0.